The fourth-order valence-electron chi connectivity index (χ4n) is 8.13. The van der Waals surface area contributed by atoms with Crippen LogP contribution in [0.15, 0.2) is 86.0 Å². The quantitative estimate of drug-likeness (QED) is 0.280. The van der Waals surface area contributed by atoms with Gasteiger partial charge in [0.15, 0.2) is 0 Å². The van der Waals surface area contributed by atoms with Gasteiger partial charge in [-0.05, 0) is 57.2 Å². The summed E-state index contributed by atoms with van der Waals surface area (Å²) in [5, 5.41) is 10.8. The van der Waals surface area contributed by atoms with Crippen LogP contribution < -0.4 is 4.90 Å². The van der Waals surface area contributed by atoms with Crippen molar-refractivity contribution in [3.05, 3.63) is 91.5 Å². The molecule has 3 heterocycles. The Morgan fingerprint density at radius 3 is 2.29 bits per heavy atom. The van der Waals surface area contributed by atoms with Crippen LogP contribution in [0.1, 0.15) is 52.0 Å². The Kier molecular flexibility index (Phi) is 9.94. The highest BCUT2D eigenvalue weighted by Gasteiger charge is 2.78. The summed E-state index contributed by atoms with van der Waals surface area (Å²) in [6.07, 6.45) is 6.98. The molecule has 2 aromatic carbocycles. The number of hydrogen-bond donors (Lipinski definition) is 1. The summed E-state index contributed by atoms with van der Waals surface area (Å²) in [7, 11) is 0. The minimum atomic E-state index is -0.802. The predicted octanol–water partition coefficient (Wildman–Crippen LogP) is 5.49. The minimum absolute atomic E-state index is 0.0487. The van der Waals surface area contributed by atoms with Gasteiger partial charge in [0, 0.05) is 29.6 Å². The number of para-hydroxylation sites is 1. The Balaban J connectivity index is 1.62. The summed E-state index contributed by atoms with van der Waals surface area (Å²) in [5.41, 5.74) is 1.73. The van der Waals surface area contributed by atoms with Crippen molar-refractivity contribution in [2.45, 2.75) is 80.5 Å². The molecule has 240 valence electrons. The molecule has 3 amide bonds. The van der Waals surface area contributed by atoms with Gasteiger partial charge >= 0.3 is 0 Å². The second-order valence-electron chi connectivity index (χ2n) is 13.0. The van der Waals surface area contributed by atoms with Crippen LogP contribution >= 0.6 is 11.8 Å². The van der Waals surface area contributed by atoms with E-state index in [0.29, 0.717) is 25.9 Å². The second kappa shape index (κ2) is 13.6. The maximum absolute atomic E-state index is 14.9. The number of anilines is 1. The van der Waals surface area contributed by atoms with Crippen molar-refractivity contribution >= 4 is 35.2 Å². The first-order valence-corrected chi connectivity index (χ1v) is 17.0. The molecule has 2 bridgehead atoms. The zero-order chi connectivity index (χ0) is 32.4. The first-order valence-electron chi connectivity index (χ1n) is 16.2. The number of rotatable bonds is 14. The molecule has 0 aromatic heterocycles. The molecule has 1 spiro atoms. The van der Waals surface area contributed by atoms with E-state index in [1.807, 2.05) is 65.6 Å². The zero-order valence-electron chi connectivity index (χ0n) is 26.8. The number of nitrogens with zero attached hydrogens (tertiary/aromatic N) is 3. The highest BCUT2D eigenvalue weighted by Crippen LogP contribution is 2.72. The van der Waals surface area contributed by atoms with Gasteiger partial charge < -0.3 is 19.8 Å². The number of fused-ring (bicyclic) bond motifs is 1. The molecule has 1 N–H and O–H groups in total. The van der Waals surface area contributed by atoms with Crippen LogP contribution in [0.25, 0.3) is 0 Å². The Morgan fingerprint density at radius 2 is 1.69 bits per heavy atom. The van der Waals surface area contributed by atoms with Gasteiger partial charge in [-0.15, -0.1) is 24.9 Å². The average Bonchev–Trinajstić information content (AvgIpc) is 3.62. The van der Waals surface area contributed by atoms with Gasteiger partial charge in [-0.2, -0.15) is 0 Å². The summed E-state index contributed by atoms with van der Waals surface area (Å²) in [5.74, 6) is -1.74. The van der Waals surface area contributed by atoms with Crippen molar-refractivity contribution in [1.82, 2.24) is 9.80 Å². The number of likely N-dealkylation sites (tertiary alicyclic amines) is 1. The number of amides is 3. The van der Waals surface area contributed by atoms with Crippen molar-refractivity contribution in [3.63, 3.8) is 0 Å². The van der Waals surface area contributed by atoms with Gasteiger partial charge in [-0.25, -0.2) is 0 Å². The maximum atomic E-state index is 14.9. The molecule has 3 unspecified atom stereocenters. The Morgan fingerprint density at radius 1 is 1.04 bits per heavy atom. The van der Waals surface area contributed by atoms with Gasteiger partial charge in [0.1, 0.15) is 6.04 Å². The van der Waals surface area contributed by atoms with E-state index < -0.39 is 33.4 Å². The largest absolute Gasteiger partial charge is 0.394 e. The first kappa shape index (κ1) is 33.0. The van der Waals surface area contributed by atoms with Crippen molar-refractivity contribution in [2.24, 2.45) is 11.8 Å². The number of aliphatic hydroxyl groups excluding tert-OH is 1. The summed E-state index contributed by atoms with van der Waals surface area (Å²) in [6.45, 7) is 14.5. The van der Waals surface area contributed by atoms with E-state index >= 15 is 0 Å². The van der Waals surface area contributed by atoms with Crippen LogP contribution in [0.5, 0.6) is 0 Å². The lowest BCUT2D eigenvalue weighted by Gasteiger charge is -2.41. The number of aliphatic hydroxyl groups is 1. The Hall–Kier alpha value is -3.36. The molecule has 0 saturated carbocycles. The van der Waals surface area contributed by atoms with Gasteiger partial charge in [-0.1, -0.05) is 74.0 Å². The molecular weight excluding hydrogens is 582 g/mol. The number of hydrogen-bond acceptors (Lipinski definition) is 5. The molecule has 5 rings (SSSR count). The molecular formula is C37H47N3O4S. The minimum Gasteiger partial charge on any atom is -0.394 e. The van der Waals surface area contributed by atoms with Crippen LogP contribution in [0.3, 0.4) is 0 Å². The van der Waals surface area contributed by atoms with E-state index in [-0.39, 0.29) is 30.4 Å². The summed E-state index contributed by atoms with van der Waals surface area (Å²) in [4.78, 5) is 49.8. The number of carbonyl (C=O) groups excluding carboxylic acids is 3. The van der Waals surface area contributed by atoms with E-state index in [2.05, 4.69) is 33.9 Å². The van der Waals surface area contributed by atoms with Crippen LogP contribution in [-0.2, 0) is 20.8 Å². The normalized spacial score (nSPS) is 28.0. The third kappa shape index (κ3) is 5.76. The van der Waals surface area contributed by atoms with E-state index in [1.165, 1.54) is 0 Å². The van der Waals surface area contributed by atoms with Crippen LogP contribution in [0.4, 0.5) is 5.69 Å². The lowest BCUT2D eigenvalue weighted by Crippen LogP contribution is -2.59. The number of benzene rings is 2. The SMILES string of the molecule is C=CCN(C(=O)[C@@H]1[C@H]2C(=O)N([C@@H](CO)Cc3ccccc3)C(C(=O)N(CC=C)C(C)CCC)C23CC[C@@]1(C)S3)c1ccccc1. The molecule has 7 nitrogen and oxygen atoms in total. The Labute approximate surface area is 272 Å². The molecule has 3 aliphatic rings. The van der Waals surface area contributed by atoms with Crippen molar-refractivity contribution in [2.75, 3.05) is 24.6 Å². The third-order valence-corrected chi connectivity index (χ3v) is 12.1. The average molecular weight is 630 g/mol. The van der Waals surface area contributed by atoms with E-state index in [0.717, 1.165) is 30.5 Å². The molecule has 7 atom stereocenters. The molecule has 3 fully saturated rings. The van der Waals surface area contributed by atoms with Gasteiger partial charge in [0.25, 0.3) is 0 Å². The van der Waals surface area contributed by atoms with E-state index in [4.69, 9.17) is 0 Å². The highest BCUT2D eigenvalue weighted by molar-refractivity contribution is 8.02. The topological polar surface area (TPSA) is 81.2 Å². The second-order valence-corrected chi connectivity index (χ2v) is 14.9. The molecule has 0 radical (unpaired) electrons. The lowest BCUT2D eigenvalue weighted by molar-refractivity contribution is -0.146. The summed E-state index contributed by atoms with van der Waals surface area (Å²) < 4.78 is -1.29. The van der Waals surface area contributed by atoms with Crippen molar-refractivity contribution in [3.8, 4) is 0 Å². The van der Waals surface area contributed by atoms with E-state index in [9.17, 15) is 19.5 Å². The number of thioether (sulfide) groups is 1. The lowest BCUT2D eigenvalue weighted by atomic mass is 9.66. The monoisotopic (exact) mass is 629 g/mol. The number of carbonyl (C=O) groups is 3. The Bertz CT molecular complexity index is 1400. The fraction of sp³-hybridized carbons (Fsp3) is 0.486. The van der Waals surface area contributed by atoms with Gasteiger partial charge in [0.2, 0.25) is 17.7 Å². The molecule has 45 heavy (non-hydrogen) atoms. The van der Waals surface area contributed by atoms with Crippen molar-refractivity contribution in [1.29, 1.82) is 0 Å². The highest BCUT2D eigenvalue weighted by atomic mass is 32.2. The summed E-state index contributed by atoms with van der Waals surface area (Å²) in [6, 6.07) is 17.8. The first-order chi connectivity index (χ1) is 21.7. The fourth-order valence-corrected chi connectivity index (χ4v) is 10.5. The summed E-state index contributed by atoms with van der Waals surface area (Å²) >= 11 is 1.67. The molecule has 0 aliphatic carbocycles. The molecule has 3 aliphatic heterocycles. The molecule has 8 heteroatoms. The molecule has 3 saturated heterocycles. The van der Waals surface area contributed by atoms with Crippen LogP contribution in [0, 0.1) is 11.8 Å². The standard InChI is InChI=1S/C37H47N3O4S/c1-6-15-26(4)38(22-7-2)35(44)32-37-21-20-36(5,45-37)30(33(42)39(23-8-3)28-18-13-10-14-19-28)31(37)34(43)40(32)29(25-41)24-27-16-11-9-12-17-27/h7-14,16-19,26,29-32,41H,2-3,6,15,20-25H2,1,4-5H3/t26?,29-,30+,31+,32?,36-,37?/m1/s1. The van der Waals surface area contributed by atoms with Gasteiger partial charge in [-0.3, -0.25) is 14.4 Å². The zero-order valence-corrected chi connectivity index (χ0v) is 27.6. The van der Waals surface area contributed by atoms with Crippen LogP contribution in [-0.4, -0.2) is 79.9 Å². The van der Waals surface area contributed by atoms with Crippen molar-refractivity contribution < 1.29 is 19.5 Å². The van der Waals surface area contributed by atoms with Gasteiger partial charge in [0.05, 0.1) is 29.2 Å². The molecule has 2 aromatic rings. The smallest absolute Gasteiger partial charge is 0.247 e. The maximum Gasteiger partial charge on any atom is 0.247 e. The van der Waals surface area contributed by atoms with Crippen LogP contribution in [0.2, 0.25) is 0 Å². The van der Waals surface area contributed by atoms with E-state index in [1.54, 1.807) is 33.7 Å². The predicted molar refractivity (Wildman–Crippen MR) is 182 cm³/mol. The third-order valence-electron chi connectivity index (χ3n) is 10.1.